The van der Waals surface area contributed by atoms with E-state index in [0.29, 0.717) is 15.1 Å². The predicted octanol–water partition coefficient (Wildman–Crippen LogP) is 4.65. The normalized spacial score (nSPS) is 12.2. The zero-order valence-corrected chi connectivity index (χ0v) is 12.7. The third kappa shape index (κ3) is 3.58. The number of aliphatic carboxylic acids is 1. The molecule has 5 heteroatoms. The summed E-state index contributed by atoms with van der Waals surface area (Å²) in [6.07, 6.45) is 0.288. The van der Waals surface area contributed by atoms with Gasteiger partial charge in [-0.05, 0) is 57.7 Å². The molecular formula is C15H11BrClFO2. The van der Waals surface area contributed by atoms with Gasteiger partial charge >= 0.3 is 5.97 Å². The van der Waals surface area contributed by atoms with Crippen LogP contribution in [0.25, 0.3) is 0 Å². The first-order valence-corrected chi connectivity index (χ1v) is 7.06. The topological polar surface area (TPSA) is 37.3 Å². The van der Waals surface area contributed by atoms with Gasteiger partial charge in [0.2, 0.25) is 0 Å². The molecule has 2 aromatic carbocycles. The first-order chi connectivity index (χ1) is 9.47. The fourth-order valence-corrected chi connectivity index (χ4v) is 2.50. The summed E-state index contributed by atoms with van der Waals surface area (Å²) < 4.78 is 13.5. The second kappa shape index (κ2) is 6.37. The lowest BCUT2D eigenvalue weighted by Gasteiger charge is -2.13. The fraction of sp³-hybridized carbons (Fsp3) is 0.133. The Balaban J connectivity index is 2.27. The van der Waals surface area contributed by atoms with Crippen LogP contribution in [0.4, 0.5) is 4.39 Å². The Morgan fingerprint density at radius 3 is 2.45 bits per heavy atom. The highest BCUT2D eigenvalue weighted by atomic mass is 79.9. The van der Waals surface area contributed by atoms with E-state index in [1.165, 1.54) is 6.07 Å². The van der Waals surface area contributed by atoms with E-state index in [4.69, 9.17) is 11.6 Å². The number of hydrogen-bond donors (Lipinski definition) is 1. The molecule has 0 aliphatic rings. The fourth-order valence-electron chi connectivity index (χ4n) is 1.95. The van der Waals surface area contributed by atoms with Crippen LogP contribution in [0, 0.1) is 5.82 Å². The highest BCUT2D eigenvalue weighted by molar-refractivity contribution is 9.10. The molecular weight excluding hydrogens is 347 g/mol. The number of carboxylic acids is 1. The van der Waals surface area contributed by atoms with Crippen molar-refractivity contribution in [3.05, 3.63) is 68.9 Å². The largest absolute Gasteiger partial charge is 0.481 e. The van der Waals surface area contributed by atoms with Crippen molar-refractivity contribution >= 4 is 33.5 Å². The predicted molar refractivity (Wildman–Crippen MR) is 79.6 cm³/mol. The van der Waals surface area contributed by atoms with Crippen LogP contribution in [0.15, 0.2) is 46.9 Å². The number of hydrogen-bond acceptors (Lipinski definition) is 1. The van der Waals surface area contributed by atoms with Gasteiger partial charge in [0, 0.05) is 5.02 Å². The summed E-state index contributed by atoms with van der Waals surface area (Å²) in [6, 6.07) is 11.2. The average Bonchev–Trinajstić information content (AvgIpc) is 2.41. The molecule has 2 aromatic rings. The molecule has 2 rings (SSSR count). The van der Waals surface area contributed by atoms with E-state index in [9.17, 15) is 14.3 Å². The minimum absolute atomic E-state index is 0.288. The van der Waals surface area contributed by atoms with Crippen molar-refractivity contribution in [2.75, 3.05) is 0 Å². The van der Waals surface area contributed by atoms with Crippen molar-refractivity contribution < 1.29 is 14.3 Å². The van der Waals surface area contributed by atoms with Crippen LogP contribution in [-0.4, -0.2) is 11.1 Å². The molecule has 0 saturated heterocycles. The van der Waals surface area contributed by atoms with Crippen LogP contribution in [0.5, 0.6) is 0 Å². The Kier molecular flexibility index (Phi) is 4.78. The van der Waals surface area contributed by atoms with Gasteiger partial charge in [-0.1, -0.05) is 29.8 Å². The number of halogens is 3. The van der Waals surface area contributed by atoms with Gasteiger partial charge in [0.05, 0.1) is 10.4 Å². The summed E-state index contributed by atoms with van der Waals surface area (Å²) in [5.41, 5.74) is 1.42. The van der Waals surface area contributed by atoms with Crippen LogP contribution in [0.2, 0.25) is 5.02 Å². The first kappa shape index (κ1) is 15.0. The van der Waals surface area contributed by atoms with Gasteiger partial charge in [0.25, 0.3) is 0 Å². The van der Waals surface area contributed by atoms with Crippen LogP contribution in [-0.2, 0) is 11.2 Å². The molecule has 0 fully saturated rings. The number of carboxylic acid groups (broad SMARTS) is 1. The number of carbonyl (C=O) groups is 1. The number of benzene rings is 2. The quantitative estimate of drug-likeness (QED) is 0.864. The second-order valence-corrected chi connectivity index (χ2v) is 5.69. The molecule has 0 saturated carbocycles. The maximum absolute atomic E-state index is 13.2. The summed E-state index contributed by atoms with van der Waals surface area (Å²) in [5.74, 6) is -1.98. The summed E-state index contributed by atoms with van der Waals surface area (Å²) in [6.45, 7) is 0. The van der Waals surface area contributed by atoms with Crippen molar-refractivity contribution in [2.45, 2.75) is 12.3 Å². The molecule has 0 spiro atoms. The summed E-state index contributed by atoms with van der Waals surface area (Å²) >= 11 is 8.90. The average molecular weight is 358 g/mol. The van der Waals surface area contributed by atoms with Crippen LogP contribution in [0.3, 0.4) is 0 Å². The molecule has 0 bridgehead atoms. The smallest absolute Gasteiger partial charge is 0.311 e. The van der Waals surface area contributed by atoms with E-state index in [1.807, 2.05) is 0 Å². The molecule has 0 heterocycles. The van der Waals surface area contributed by atoms with Crippen molar-refractivity contribution in [1.29, 1.82) is 0 Å². The van der Waals surface area contributed by atoms with E-state index < -0.39 is 11.9 Å². The molecule has 1 unspecified atom stereocenters. The molecule has 0 aliphatic heterocycles. The maximum atomic E-state index is 13.2. The highest BCUT2D eigenvalue weighted by Crippen LogP contribution is 2.25. The molecule has 1 atom stereocenters. The SMILES string of the molecule is O=C(O)C(Cc1ccc(F)c(Br)c1)c1ccc(Cl)cc1. The highest BCUT2D eigenvalue weighted by Gasteiger charge is 2.20. The van der Waals surface area contributed by atoms with Crippen LogP contribution < -0.4 is 0 Å². The van der Waals surface area contributed by atoms with E-state index in [-0.39, 0.29) is 12.2 Å². The minimum Gasteiger partial charge on any atom is -0.481 e. The summed E-state index contributed by atoms with van der Waals surface area (Å²) in [4.78, 5) is 11.4. The van der Waals surface area contributed by atoms with Gasteiger partial charge in [0.1, 0.15) is 5.82 Å². The van der Waals surface area contributed by atoms with E-state index in [1.54, 1.807) is 36.4 Å². The first-order valence-electron chi connectivity index (χ1n) is 5.89. The van der Waals surface area contributed by atoms with Gasteiger partial charge < -0.3 is 5.11 Å². The Morgan fingerprint density at radius 2 is 1.90 bits per heavy atom. The van der Waals surface area contributed by atoms with Crippen molar-refractivity contribution in [3.63, 3.8) is 0 Å². The van der Waals surface area contributed by atoms with Crippen molar-refractivity contribution in [3.8, 4) is 0 Å². The maximum Gasteiger partial charge on any atom is 0.311 e. The van der Waals surface area contributed by atoms with Crippen molar-refractivity contribution in [2.24, 2.45) is 0 Å². The zero-order valence-electron chi connectivity index (χ0n) is 10.3. The molecule has 104 valence electrons. The Bertz CT molecular complexity index is 628. The molecule has 0 aromatic heterocycles. The Hall–Kier alpha value is -1.39. The third-order valence-electron chi connectivity index (χ3n) is 2.99. The molecule has 0 amide bonds. The zero-order chi connectivity index (χ0) is 14.7. The molecule has 0 aliphatic carbocycles. The van der Waals surface area contributed by atoms with Gasteiger partial charge in [-0.25, -0.2) is 4.39 Å². The molecule has 20 heavy (non-hydrogen) atoms. The standard InChI is InChI=1S/C15H11BrClFO2/c16-13-8-9(1-6-14(13)18)7-12(15(19)20)10-2-4-11(17)5-3-10/h1-6,8,12H,7H2,(H,19,20). The van der Waals surface area contributed by atoms with Crippen molar-refractivity contribution in [1.82, 2.24) is 0 Å². The van der Waals surface area contributed by atoms with Gasteiger partial charge in [-0.2, -0.15) is 0 Å². The van der Waals surface area contributed by atoms with Crippen LogP contribution >= 0.6 is 27.5 Å². The van der Waals surface area contributed by atoms with E-state index >= 15 is 0 Å². The monoisotopic (exact) mass is 356 g/mol. The molecule has 2 nitrogen and oxygen atoms in total. The third-order valence-corrected chi connectivity index (χ3v) is 3.85. The summed E-state index contributed by atoms with van der Waals surface area (Å²) in [7, 11) is 0. The second-order valence-electron chi connectivity index (χ2n) is 4.39. The number of rotatable bonds is 4. The van der Waals surface area contributed by atoms with Crippen LogP contribution in [0.1, 0.15) is 17.0 Å². The van der Waals surface area contributed by atoms with E-state index in [0.717, 1.165) is 5.56 Å². The molecule has 1 N–H and O–H groups in total. The van der Waals surface area contributed by atoms with Gasteiger partial charge in [0.15, 0.2) is 0 Å². The van der Waals surface area contributed by atoms with E-state index in [2.05, 4.69) is 15.9 Å². The lowest BCUT2D eigenvalue weighted by molar-refractivity contribution is -0.138. The van der Waals surface area contributed by atoms with Gasteiger partial charge in [-0.3, -0.25) is 4.79 Å². The lowest BCUT2D eigenvalue weighted by atomic mass is 9.92. The van der Waals surface area contributed by atoms with Gasteiger partial charge in [-0.15, -0.1) is 0 Å². The Labute approximate surface area is 129 Å². The minimum atomic E-state index is -0.923. The Morgan fingerprint density at radius 1 is 1.25 bits per heavy atom. The summed E-state index contributed by atoms with van der Waals surface area (Å²) in [5, 5.41) is 9.92. The molecule has 0 radical (unpaired) electrons. The lowest BCUT2D eigenvalue weighted by Crippen LogP contribution is -2.14.